The molecular formula is C16H22Cl2N2O. The van der Waals surface area contributed by atoms with Gasteiger partial charge in [0.25, 0.3) is 0 Å². The van der Waals surface area contributed by atoms with Crippen molar-refractivity contribution in [2.75, 3.05) is 5.32 Å². The quantitative estimate of drug-likeness (QED) is 0.854. The second kappa shape index (κ2) is 7.48. The molecule has 1 aliphatic rings. The lowest BCUT2D eigenvalue weighted by atomic mass is 9.85. The Morgan fingerprint density at radius 2 is 2.00 bits per heavy atom. The molecule has 1 aromatic carbocycles. The Balaban J connectivity index is 1.94. The predicted molar refractivity (Wildman–Crippen MR) is 89.1 cm³/mol. The van der Waals surface area contributed by atoms with Crippen molar-refractivity contribution in [2.45, 2.75) is 51.6 Å². The summed E-state index contributed by atoms with van der Waals surface area (Å²) >= 11 is 12.0. The molecule has 0 aliphatic heterocycles. The number of hydrogen-bond donors (Lipinski definition) is 2. The summed E-state index contributed by atoms with van der Waals surface area (Å²) in [5.74, 6) is 0.528. The topological polar surface area (TPSA) is 41.1 Å². The number of rotatable bonds is 4. The van der Waals surface area contributed by atoms with E-state index in [9.17, 15) is 4.79 Å². The zero-order chi connectivity index (χ0) is 15.4. The van der Waals surface area contributed by atoms with Crippen LogP contribution in [0.25, 0.3) is 0 Å². The molecular weight excluding hydrogens is 307 g/mol. The molecule has 0 saturated heterocycles. The molecule has 5 heteroatoms. The molecule has 0 aromatic heterocycles. The van der Waals surface area contributed by atoms with Gasteiger partial charge in [-0.1, -0.05) is 43.0 Å². The van der Waals surface area contributed by atoms with E-state index in [1.807, 2.05) is 6.92 Å². The smallest absolute Gasteiger partial charge is 0.241 e. The summed E-state index contributed by atoms with van der Waals surface area (Å²) in [5.41, 5.74) is 0.555. The van der Waals surface area contributed by atoms with Crippen LogP contribution in [0.2, 0.25) is 10.0 Å². The van der Waals surface area contributed by atoms with Crippen LogP contribution in [0.15, 0.2) is 18.2 Å². The highest BCUT2D eigenvalue weighted by molar-refractivity contribution is 6.35. The molecule has 0 spiro atoms. The molecule has 0 bridgehead atoms. The van der Waals surface area contributed by atoms with Crippen LogP contribution < -0.4 is 10.6 Å². The normalized spacial score (nSPS) is 23.6. The summed E-state index contributed by atoms with van der Waals surface area (Å²) < 4.78 is 0. The van der Waals surface area contributed by atoms with Crippen LogP contribution in [-0.2, 0) is 4.79 Å². The molecule has 1 aromatic rings. The standard InChI is InChI=1S/C16H22Cl2N2O/c1-10-5-3-4-6-14(10)19-11(2)16(21)20-15-9-12(17)7-8-13(15)18/h7-11,14,19H,3-6H2,1-2H3,(H,20,21)/t10-,11+,14-/m1/s1. The van der Waals surface area contributed by atoms with Gasteiger partial charge in [0.1, 0.15) is 0 Å². The van der Waals surface area contributed by atoms with E-state index in [1.165, 1.54) is 19.3 Å². The summed E-state index contributed by atoms with van der Waals surface area (Å²) in [6.45, 7) is 4.13. The second-order valence-corrected chi connectivity index (χ2v) is 6.71. The summed E-state index contributed by atoms with van der Waals surface area (Å²) in [6.07, 6.45) is 4.89. The van der Waals surface area contributed by atoms with E-state index >= 15 is 0 Å². The van der Waals surface area contributed by atoms with Gasteiger partial charge >= 0.3 is 0 Å². The summed E-state index contributed by atoms with van der Waals surface area (Å²) in [7, 11) is 0. The minimum atomic E-state index is -0.259. The maximum atomic E-state index is 12.3. The molecule has 0 radical (unpaired) electrons. The molecule has 0 unspecified atom stereocenters. The number of hydrogen-bond acceptors (Lipinski definition) is 2. The van der Waals surface area contributed by atoms with E-state index in [-0.39, 0.29) is 11.9 Å². The van der Waals surface area contributed by atoms with E-state index in [0.29, 0.717) is 27.7 Å². The number of halogens is 2. The van der Waals surface area contributed by atoms with Crippen molar-refractivity contribution < 1.29 is 4.79 Å². The number of nitrogens with one attached hydrogen (secondary N) is 2. The maximum Gasteiger partial charge on any atom is 0.241 e. The van der Waals surface area contributed by atoms with Gasteiger partial charge < -0.3 is 10.6 Å². The van der Waals surface area contributed by atoms with Crippen molar-refractivity contribution in [1.82, 2.24) is 5.32 Å². The third kappa shape index (κ3) is 4.60. The number of anilines is 1. The van der Waals surface area contributed by atoms with E-state index < -0.39 is 0 Å². The van der Waals surface area contributed by atoms with Crippen molar-refractivity contribution >= 4 is 34.8 Å². The zero-order valence-electron chi connectivity index (χ0n) is 12.5. The van der Waals surface area contributed by atoms with Crippen molar-refractivity contribution in [3.05, 3.63) is 28.2 Å². The molecule has 21 heavy (non-hydrogen) atoms. The minimum Gasteiger partial charge on any atom is -0.323 e. The third-order valence-electron chi connectivity index (χ3n) is 4.16. The predicted octanol–water partition coefficient (Wildman–Crippen LogP) is 4.49. The van der Waals surface area contributed by atoms with Gasteiger partial charge in [-0.25, -0.2) is 0 Å². The zero-order valence-corrected chi connectivity index (χ0v) is 14.0. The maximum absolute atomic E-state index is 12.3. The fourth-order valence-electron chi connectivity index (χ4n) is 2.79. The SMILES string of the molecule is C[C@H](N[C@@H]1CCCC[C@H]1C)C(=O)Nc1cc(Cl)ccc1Cl. The van der Waals surface area contributed by atoms with Gasteiger partial charge in [-0.15, -0.1) is 0 Å². The Bertz CT molecular complexity index is 507. The lowest BCUT2D eigenvalue weighted by Gasteiger charge is -2.31. The van der Waals surface area contributed by atoms with Crippen LogP contribution in [0.4, 0.5) is 5.69 Å². The van der Waals surface area contributed by atoms with Crippen molar-refractivity contribution in [3.8, 4) is 0 Å². The monoisotopic (exact) mass is 328 g/mol. The molecule has 3 nitrogen and oxygen atoms in total. The van der Waals surface area contributed by atoms with Crippen molar-refractivity contribution in [2.24, 2.45) is 5.92 Å². The summed E-state index contributed by atoms with van der Waals surface area (Å²) in [6, 6.07) is 5.20. The van der Waals surface area contributed by atoms with Gasteiger partial charge in [-0.2, -0.15) is 0 Å². The summed E-state index contributed by atoms with van der Waals surface area (Å²) in [4.78, 5) is 12.3. The lowest BCUT2D eigenvalue weighted by molar-refractivity contribution is -0.118. The molecule has 116 valence electrons. The largest absolute Gasteiger partial charge is 0.323 e. The van der Waals surface area contributed by atoms with Gasteiger partial charge in [-0.3, -0.25) is 4.79 Å². The van der Waals surface area contributed by atoms with E-state index in [4.69, 9.17) is 23.2 Å². The van der Waals surface area contributed by atoms with Crippen LogP contribution in [0.3, 0.4) is 0 Å². The first-order chi connectivity index (χ1) is 9.97. The van der Waals surface area contributed by atoms with Gasteiger partial charge in [0, 0.05) is 11.1 Å². The first-order valence-electron chi connectivity index (χ1n) is 7.49. The number of amides is 1. The van der Waals surface area contributed by atoms with Crippen LogP contribution in [0.5, 0.6) is 0 Å². The van der Waals surface area contributed by atoms with E-state index in [2.05, 4.69) is 17.6 Å². The molecule has 1 amide bonds. The molecule has 3 atom stereocenters. The lowest BCUT2D eigenvalue weighted by Crippen LogP contribution is -2.47. The molecule has 1 fully saturated rings. The van der Waals surface area contributed by atoms with Gasteiger partial charge in [0.15, 0.2) is 0 Å². The minimum absolute atomic E-state index is 0.0862. The van der Waals surface area contributed by atoms with Crippen molar-refractivity contribution in [1.29, 1.82) is 0 Å². The number of benzene rings is 1. The highest BCUT2D eigenvalue weighted by atomic mass is 35.5. The molecule has 2 rings (SSSR count). The Labute approximate surface area is 136 Å². The molecule has 2 N–H and O–H groups in total. The fraction of sp³-hybridized carbons (Fsp3) is 0.562. The molecule has 1 saturated carbocycles. The Kier molecular flexibility index (Phi) is 5.91. The second-order valence-electron chi connectivity index (χ2n) is 5.87. The van der Waals surface area contributed by atoms with E-state index in [1.54, 1.807) is 18.2 Å². The van der Waals surface area contributed by atoms with Gasteiger partial charge in [-0.05, 0) is 43.9 Å². The average molecular weight is 329 g/mol. The first-order valence-corrected chi connectivity index (χ1v) is 8.25. The Morgan fingerprint density at radius 3 is 2.71 bits per heavy atom. The van der Waals surface area contributed by atoms with Crippen LogP contribution in [0, 0.1) is 5.92 Å². The first kappa shape index (κ1) is 16.6. The van der Waals surface area contributed by atoms with E-state index in [0.717, 1.165) is 6.42 Å². The Morgan fingerprint density at radius 1 is 1.29 bits per heavy atom. The fourth-order valence-corrected chi connectivity index (χ4v) is 3.13. The van der Waals surface area contributed by atoms with Crippen molar-refractivity contribution in [3.63, 3.8) is 0 Å². The molecule has 0 heterocycles. The van der Waals surface area contributed by atoms with Gasteiger partial charge in [0.2, 0.25) is 5.91 Å². The number of carbonyl (C=O) groups excluding carboxylic acids is 1. The van der Waals surface area contributed by atoms with Crippen LogP contribution in [-0.4, -0.2) is 18.0 Å². The molecule has 1 aliphatic carbocycles. The van der Waals surface area contributed by atoms with Crippen LogP contribution in [0.1, 0.15) is 39.5 Å². The summed E-state index contributed by atoms with van der Waals surface area (Å²) in [5, 5.41) is 7.32. The van der Waals surface area contributed by atoms with Gasteiger partial charge in [0.05, 0.1) is 16.8 Å². The highest BCUT2D eigenvalue weighted by Crippen LogP contribution is 2.26. The van der Waals surface area contributed by atoms with Crippen LogP contribution >= 0.6 is 23.2 Å². The average Bonchev–Trinajstić information content (AvgIpc) is 2.45. The third-order valence-corrected chi connectivity index (χ3v) is 4.72. The Hall–Kier alpha value is -0.770. The number of carbonyl (C=O) groups is 1. The highest BCUT2D eigenvalue weighted by Gasteiger charge is 2.25.